The van der Waals surface area contributed by atoms with Crippen molar-refractivity contribution in [3.05, 3.63) is 59.2 Å². The molecule has 0 aliphatic rings. The summed E-state index contributed by atoms with van der Waals surface area (Å²) in [5.41, 5.74) is 2.86. The van der Waals surface area contributed by atoms with Crippen LogP contribution in [0.5, 0.6) is 11.5 Å². The van der Waals surface area contributed by atoms with Crippen molar-refractivity contribution in [3.63, 3.8) is 0 Å². The lowest BCUT2D eigenvalue weighted by Crippen LogP contribution is -2.32. The average Bonchev–Trinajstić information content (AvgIpc) is 2.67. The van der Waals surface area contributed by atoms with Crippen molar-refractivity contribution in [3.8, 4) is 11.5 Å². The van der Waals surface area contributed by atoms with Crippen molar-refractivity contribution < 1.29 is 14.3 Å². The third-order valence-electron chi connectivity index (χ3n) is 4.84. The molecular weight excluding hydrogens is 362 g/mol. The fourth-order valence-corrected chi connectivity index (χ4v) is 3.15. The van der Waals surface area contributed by atoms with Gasteiger partial charge in [-0.3, -0.25) is 4.79 Å². The monoisotopic (exact) mass is 397 g/mol. The van der Waals surface area contributed by atoms with E-state index in [2.05, 4.69) is 45.1 Å². The van der Waals surface area contributed by atoms with Crippen LogP contribution in [0.15, 0.2) is 42.5 Å². The largest absolute Gasteiger partial charge is 0.493 e. The molecule has 4 nitrogen and oxygen atoms in total. The molecule has 2 aromatic rings. The van der Waals surface area contributed by atoms with E-state index in [1.165, 1.54) is 5.56 Å². The van der Waals surface area contributed by atoms with Crippen LogP contribution in [0.2, 0.25) is 0 Å². The third kappa shape index (κ3) is 6.81. The van der Waals surface area contributed by atoms with Crippen LogP contribution < -0.4 is 14.8 Å². The van der Waals surface area contributed by atoms with Crippen molar-refractivity contribution in [2.24, 2.45) is 0 Å². The standard InChI is InChI=1S/C25H35NO3/c1-7-9-18(3)26-24(27)19-10-15-23(28-8-2)20(16-19)17-29-22-13-11-21(12-14-22)25(4,5)6/h10-16,18H,7-9,17H2,1-6H3,(H,26,27)/t18-/m0/s1. The van der Waals surface area contributed by atoms with E-state index in [4.69, 9.17) is 9.47 Å². The zero-order valence-electron chi connectivity index (χ0n) is 18.7. The van der Waals surface area contributed by atoms with E-state index in [9.17, 15) is 4.79 Å². The predicted molar refractivity (Wildman–Crippen MR) is 119 cm³/mol. The number of benzene rings is 2. The molecular formula is C25H35NO3. The highest BCUT2D eigenvalue weighted by Crippen LogP contribution is 2.26. The summed E-state index contributed by atoms with van der Waals surface area (Å²) < 4.78 is 11.7. The van der Waals surface area contributed by atoms with Crippen LogP contribution in [0, 0.1) is 0 Å². The highest BCUT2D eigenvalue weighted by molar-refractivity contribution is 5.94. The zero-order chi connectivity index (χ0) is 21.4. The second kappa shape index (κ2) is 10.3. The van der Waals surface area contributed by atoms with Gasteiger partial charge in [0.2, 0.25) is 0 Å². The lowest BCUT2D eigenvalue weighted by molar-refractivity contribution is 0.0938. The zero-order valence-corrected chi connectivity index (χ0v) is 18.7. The van der Waals surface area contributed by atoms with Crippen LogP contribution in [0.4, 0.5) is 0 Å². The summed E-state index contributed by atoms with van der Waals surface area (Å²) in [7, 11) is 0. The van der Waals surface area contributed by atoms with Gasteiger partial charge in [-0.2, -0.15) is 0 Å². The smallest absolute Gasteiger partial charge is 0.251 e. The summed E-state index contributed by atoms with van der Waals surface area (Å²) in [5.74, 6) is 1.48. The number of hydrogen-bond donors (Lipinski definition) is 1. The molecule has 0 spiro atoms. The van der Waals surface area contributed by atoms with Gasteiger partial charge in [-0.15, -0.1) is 0 Å². The van der Waals surface area contributed by atoms with Gasteiger partial charge in [0.25, 0.3) is 5.91 Å². The minimum absolute atomic E-state index is 0.0650. The summed E-state index contributed by atoms with van der Waals surface area (Å²) in [4.78, 5) is 12.6. The number of carbonyl (C=O) groups is 1. The topological polar surface area (TPSA) is 47.6 Å². The minimum atomic E-state index is -0.0650. The van der Waals surface area contributed by atoms with E-state index >= 15 is 0 Å². The van der Waals surface area contributed by atoms with Crippen LogP contribution in [0.1, 0.15) is 75.9 Å². The molecule has 0 saturated carbocycles. The van der Waals surface area contributed by atoms with Crippen LogP contribution in [-0.4, -0.2) is 18.6 Å². The third-order valence-corrected chi connectivity index (χ3v) is 4.84. The maximum absolute atomic E-state index is 12.6. The highest BCUT2D eigenvalue weighted by Gasteiger charge is 2.15. The summed E-state index contributed by atoms with van der Waals surface area (Å²) in [6.45, 7) is 13.6. The molecule has 1 amide bonds. The molecule has 0 radical (unpaired) electrons. The van der Waals surface area contributed by atoms with Crippen LogP contribution in [0.25, 0.3) is 0 Å². The Balaban J connectivity index is 2.13. The van der Waals surface area contributed by atoms with Gasteiger partial charge < -0.3 is 14.8 Å². The van der Waals surface area contributed by atoms with Crippen molar-refractivity contribution >= 4 is 5.91 Å². The maximum atomic E-state index is 12.6. The van der Waals surface area contributed by atoms with E-state index in [1.807, 2.05) is 38.1 Å². The Morgan fingerprint density at radius 1 is 1.03 bits per heavy atom. The van der Waals surface area contributed by atoms with Gasteiger partial charge in [0.05, 0.1) is 6.61 Å². The molecule has 29 heavy (non-hydrogen) atoms. The molecule has 2 rings (SSSR count). The summed E-state index contributed by atoms with van der Waals surface area (Å²) >= 11 is 0. The summed E-state index contributed by atoms with van der Waals surface area (Å²) in [5, 5.41) is 3.05. The number of hydrogen-bond acceptors (Lipinski definition) is 3. The number of rotatable bonds is 9. The first-order valence-corrected chi connectivity index (χ1v) is 10.5. The Kier molecular flexibility index (Phi) is 8.12. The van der Waals surface area contributed by atoms with Crippen LogP contribution in [-0.2, 0) is 12.0 Å². The number of amides is 1. The van der Waals surface area contributed by atoms with Crippen molar-refractivity contribution in [2.45, 2.75) is 72.4 Å². The minimum Gasteiger partial charge on any atom is -0.493 e. The molecule has 1 atom stereocenters. The van der Waals surface area contributed by atoms with Crippen molar-refractivity contribution in [1.29, 1.82) is 0 Å². The molecule has 0 bridgehead atoms. The quantitative estimate of drug-likeness (QED) is 0.575. The Hall–Kier alpha value is -2.49. The Morgan fingerprint density at radius 2 is 1.72 bits per heavy atom. The average molecular weight is 398 g/mol. The van der Waals surface area contributed by atoms with Gasteiger partial charge in [-0.05, 0) is 61.6 Å². The lowest BCUT2D eigenvalue weighted by Gasteiger charge is -2.19. The molecule has 0 saturated heterocycles. The summed E-state index contributed by atoms with van der Waals surface area (Å²) in [6, 6.07) is 13.8. The van der Waals surface area contributed by atoms with E-state index < -0.39 is 0 Å². The van der Waals surface area contributed by atoms with E-state index in [1.54, 1.807) is 6.07 Å². The molecule has 4 heteroatoms. The molecule has 1 N–H and O–H groups in total. The normalized spacial score (nSPS) is 12.3. The second-order valence-electron chi connectivity index (χ2n) is 8.48. The fourth-order valence-electron chi connectivity index (χ4n) is 3.15. The summed E-state index contributed by atoms with van der Waals surface area (Å²) in [6.07, 6.45) is 2.00. The first kappa shape index (κ1) is 22.8. The molecule has 0 aromatic heterocycles. The van der Waals surface area contributed by atoms with E-state index in [0.29, 0.717) is 18.8 Å². The molecule has 0 unspecified atom stereocenters. The predicted octanol–water partition coefficient (Wildman–Crippen LogP) is 5.88. The Bertz CT molecular complexity index is 791. The van der Waals surface area contributed by atoms with Crippen LogP contribution >= 0.6 is 0 Å². The molecule has 158 valence electrons. The van der Waals surface area contributed by atoms with Gasteiger partial charge in [-0.1, -0.05) is 46.2 Å². The first-order valence-electron chi connectivity index (χ1n) is 10.5. The van der Waals surface area contributed by atoms with E-state index in [-0.39, 0.29) is 17.4 Å². The maximum Gasteiger partial charge on any atom is 0.251 e. The number of nitrogens with one attached hydrogen (secondary N) is 1. The van der Waals surface area contributed by atoms with Crippen molar-refractivity contribution in [1.82, 2.24) is 5.32 Å². The molecule has 0 fully saturated rings. The van der Waals surface area contributed by atoms with Crippen molar-refractivity contribution in [2.75, 3.05) is 6.61 Å². The van der Waals surface area contributed by atoms with Gasteiger partial charge in [0.1, 0.15) is 18.1 Å². The lowest BCUT2D eigenvalue weighted by atomic mass is 9.87. The van der Waals surface area contributed by atoms with Crippen LogP contribution in [0.3, 0.4) is 0 Å². The highest BCUT2D eigenvalue weighted by atomic mass is 16.5. The number of ether oxygens (including phenoxy) is 2. The van der Waals surface area contributed by atoms with Gasteiger partial charge in [-0.25, -0.2) is 0 Å². The molecule has 0 heterocycles. The van der Waals surface area contributed by atoms with E-state index in [0.717, 1.165) is 29.9 Å². The van der Waals surface area contributed by atoms with Gasteiger partial charge in [0.15, 0.2) is 0 Å². The first-order chi connectivity index (χ1) is 13.7. The SMILES string of the molecule is CCC[C@H](C)NC(=O)c1ccc(OCC)c(COc2ccc(C(C)(C)C)cc2)c1. The fraction of sp³-hybridized carbons (Fsp3) is 0.480. The molecule has 0 aliphatic heterocycles. The Morgan fingerprint density at radius 3 is 2.31 bits per heavy atom. The molecule has 0 aliphatic carbocycles. The van der Waals surface area contributed by atoms with Gasteiger partial charge >= 0.3 is 0 Å². The number of carbonyl (C=O) groups excluding carboxylic acids is 1. The van der Waals surface area contributed by atoms with Gasteiger partial charge in [0, 0.05) is 17.2 Å². The molecule has 2 aromatic carbocycles. The second-order valence-corrected chi connectivity index (χ2v) is 8.48. The Labute approximate surface area is 175 Å².